The highest BCUT2D eigenvalue weighted by atomic mass is 32.1. The van der Waals surface area contributed by atoms with Crippen LogP contribution in [0, 0.1) is 6.92 Å². The Morgan fingerprint density at radius 1 is 1.37 bits per heavy atom. The molecule has 5 N–H and O–H groups in total. The standard InChI is InChI=1S/C11H13N7S/c1-6-2-3-7(19-6)4-13-9-8-5-14-18-10(8)16-11(15-9)17-12/h2-3,5H,4,12H2,1H3,(H3,13,14,15,16,17,18). The lowest BCUT2D eigenvalue weighted by Gasteiger charge is -2.06. The molecule has 7 nitrogen and oxygen atoms in total. The first-order chi connectivity index (χ1) is 9.26. The van der Waals surface area contributed by atoms with E-state index in [-0.39, 0.29) is 0 Å². The topological polar surface area (TPSA) is 105 Å². The molecular weight excluding hydrogens is 262 g/mol. The van der Waals surface area contributed by atoms with Crippen molar-refractivity contribution in [1.29, 1.82) is 0 Å². The van der Waals surface area contributed by atoms with Crippen LogP contribution in [0.15, 0.2) is 18.3 Å². The van der Waals surface area contributed by atoms with E-state index < -0.39 is 0 Å². The quantitative estimate of drug-likeness (QED) is 0.426. The maximum absolute atomic E-state index is 5.35. The molecule has 0 aromatic carbocycles. The van der Waals surface area contributed by atoms with E-state index in [1.165, 1.54) is 9.75 Å². The van der Waals surface area contributed by atoms with E-state index in [1.807, 2.05) is 0 Å². The number of nitrogens with two attached hydrogens (primary N) is 1. The third kappa shape index (κ3) is 2.35. The number of H-pyrrole nitrogens is 1. The molecule has 0 aliphatic carbocycles. The van der Waals surface area contributed by atoms with Gasteiger partial charge in [0, 0.05) is 9.75 Å². The first-order valence-electron chi connectivity index (χ1n) is 5.73. The van der Waals surface area contributed by atoms with Gasteiger partial charge in [-0.15, -0.1) is 11.3 Å². The maximum Gasteiger partial charge on any atom is 0.241 e. The smallest absolute Gasteiger partial charge is 0.241 e. The Kier molecular flexibility index (Phi) is 3.02. The molecule has 19 heavy (non-hydrogen) atoms. The lowest BCUT2D eigenvalue weighted by atomic mass is 10.3. The number of aromatic amines is 1. The molecule has 0 spiro atoms. The fourth-order valence-electron chi connectivity index (χ4n) is 1.79. The summed E-state index contributed by atoms with van der Waals surface area (Å²) < 4.78 is 0. The Hall–Kier alpha value is -2.19. The highest BCUT2D eigenvalue weighted by Crippen LogP contribution is 2.22. The summed E-state index contributed by atoms with van der Waals surface area (Å²) in [6.07, 6.45) is 1.69. The van der Waals surface area contributed by atoms with Crippen LogP contribution in [-0.4, -0.2) is 20.2 Å². The Labute approximate surface area is 113 Å². The highest BCUT2D eigenvalue weighted by Gasteiger charge is 2.09. The molecule has 8 heteroatoms. The number of rotatable bonds is 4. The molecule has 98 valence electrons. The van der Waals surface area contributed by atoms with Gasteiger partial charge in [0.05, 0.1) is 18.1 Å². The van der Waals surface area contributed by atoms with Gasteiger partial charge in [-0.3, -0.25) is 10.5 Å². The van der Waals surface area contributed by atoms with E-state index in [2.05, 4.69) is 50.0 Å². The molecule has 0 fully saturated rings. The molecule has 0 amide bonds. The average molecular weight is 275 g/mol. The van der Waals surface area contributed by atoms with Crippen molar-refractivity contribution < 1.29 is 0 Å². The van der Waals surface area contributed by atoms with Crippen LogP contribution in [0.25, 0.3) is 11.0 Å². The van der Waals surface area contributed by atoms with E-state index in [0.29, 0.717) is 24.0 Å². The number of nitrogens with zero attached hydrogens (tertiary/aromatic N) is 3. The van der Waals surface area contributed by atoms with Gasteiger partial charge in [0.2, 0.25) is 5.95 Å². The Bertz CT molecular complexity index is 702. The summed E-state index contributed by atoms with van der Waals surface area (Å²) in [4.78, 5) is 11.0. The zero-order valence-corrected chi connectivity index (χ0v) is 11.1. The normalized spacial score (nSPS) is 10.8. The third-order valence-corrected chi connectivity index (χ3v) is 3.67. The number of fused-ring (bicyclic) bond motifs is 1. The zero-order valence-electron chi connectivity index (χ0n) is 10.3. The molecule has 0 aliphatic heterocycles. The van der Waals surface area contributed by atoms with Gasteiger partial charge in [-0.25, -0.2) is 5.84 Å². The molecule has 3 rings (SSSR count). The number of thiophene rings is 1. The van der Waals surface area contributed by atoms with Crippen LogP contribution in [-0.2, 0) is 6.54 Å². The van der Waals surface area contributed by atoms with Crippen molar-refractivity contribution in [2.45, 2.75) is 13.5 Å². The number of anilines is 2. The summed E-state index contributed by atoms with van der Waals surface area (Å²) in [6, 6.07) is 4.20. The second-order valence-electron chi connectivity index (χ2n) is 4.04. The molecule has 0 atom stereocenters. The number of hydrazine groups is 1. The molecule has 0 bridgehead atoms. The van der Waals surface area contributed by atoms with Crippen molar-refractivity contribution >= 4 is 34.1 Å². The van der Waals surface area contributed by atoms with Crippen LogP contribution in [0.3, 0.4) is 0 Å². The largest absolute Gasteiger partial charge is 0.364 e. The van der Waals surface area contributed by atoms with Crippen molar-refractivity contribution in [3.63, 3.8) is 0 Å². The lowest BCUT2D eigenvalue weighted by Crippen LogP contribution is -2.12. The molecule has 0 saturated heterocycles. The number of aryl methyl sites for hydroxylation is 1. The fraction of sp³-hybridized carbons (Fsp3) is 0.182. The van der Waals surface area contributed by atoms with Crippen LogP contribution < -0.4 is 16.6 Å². The second-order valence-corrected chi connectivity index (χ2v) is 5.41. The summed E-state index contributed by atoms with van der Waals surface area (Å²) in [5.41, 5.74) is 3.09. The van der Waals surface area contributed by atoms with Gasteiger partial charge in [-0.05, 0) is 19.1 Å². The molecular formula is C11H13N7S. The van der Waals surface area contributed by atoms with Crippen LogP contribution in [0.5, 0.6) is 0 Å². The predicted molar refractivity (Wildman–Crippen MR) is 75.9 cm³/mol. The van der Waals surface area contributed by atoms with Crippen LogP contribution in [0.1, 0.15) is 9.75 Å². The van der Waals surface area contributed by atoms with E-state index in [0.717, 1.165) is 5.39 Å². The number of nitrogens with one attached hydrogen (secondary N) is 3. The molecule has 3 aromatic heterocycles. The molecule has 0 saturated carbocycles. The van der Waals surface area contributed by atoms with Crippen molar-refractivity contribution in [3.8, 4) is 0 Å². The summed E-state index contributed by atoms with van der Waals surface area (Å²) in [6.45, 7) is 2.80. The van der Waals surface area contributed by atoms with Crippen molar-refractivity contribution in [1.82, 2.24) is 20.2 Å². The number of hydrogen-bond donors (Lipinski definition) is 4. The monoisotopic (exact) mass is 275 g/mol. The van der Waals surface area contributed by atoms with E-state index in [4.69, 9.17) is 5.84 Å². The van der Waals surface area contributed by atoms with Gasteiger partial charge < -0.3 is 5.32 Å². The second kappa shape index (κ2) is 4.82. The van der Waals surface area contributed by atoms with Crippen molar-refractivity contribution in [2.24, 2.45) is 5.84 Å². The number of aromatic nitrogens is 4. The van der Waals surface area contributed by atoms with E-state index in [1.54, 1.807) is 17.5 Å². The predicted octanol–water partition coefficient (Wildman–Crippen LogP) is 1.62. The summed E-state index contributed by atoms with van der Waals surface area (Å²) in [5, 5.41) is 10.9. The van der Waals surface area contributed by atoms with Crippen LogP contribution in [0.4, 0.5) is 11.8 Å². The first-order valence-corrected chi connectivity index (χ1v) is 6.55. The minimum atomic E-state index is 0.349. The number of nitrogen functional groups attached to an aromatic ring is 1. The van der Waals surface area contributed by atoms with Crippen molar-refractivity contribution in [3.05, 3.63) is 28.1 Å². The Balaban J connectivity index is 1.88. The fourth-order valence-corrected chi connectivity index (χ4v) is 2.62. The minimum Gasteiger partial charge on any atom is -0.364 e. The average Bonchev–Trinajstić information content (AvgIpc) is 3.04. The highest BCUT2D eigenvalue weighted by molar-refractivity contribution is 7.11. The molecule has 0 aliphatic rings. The van der Waals surface area contributed by atoms with E-state index >= 15 is 0 Å². The van der Waals surface area contributed by atoms with Gasteiger partial charge >= 0.3 is 0 Å². The molecule has 3 aromatic rings. The Morgan fingerprint density at radius 3 is 3.00 bits per heavy atom. The van der Waals surface area contributed by atoms with Gasteiger partial charge in [0.1, 0.15) is 5.82 Å². The SMILES string of the molecule is Cc1ccc(CNc2nc(NN)nc3[nH]ncc23)s1. The summed E-state index contributed by atoms with van der Waals surface area (Å²) >= 11 is 1.75. The van der Waals surface area contributed by atoms with Gasteiger partial charge in [-0.1, -0.05) is 0 Å². The van der Waals surface area contributed by atoms with E-state index in [9.17, 15) is 0 Å². The van der Waals surface area contributed by atoms with Gasteiger partial charge in [0.15, 0.2) is 5.65 Å². The Morgan fingerprint density at radius 2 is 2.26 bits per heavy atom. The van der Waals surface area contributed by atoms with Gasteiger partial charge in [0.25, 0.3) is 0 Å². The molecule has 3 heterocycles. The lowest BCUT2D eigenvalue weighted by molar-refractivity contribution is 1.07. The first kappa shape index (κ1) is 11.9. The number of hydrogen-bond acceptors (Lipinski definition) is 7. The molecule has 0 unspecified atom stereocenters. The van der Waals surface area contributed by atoms with Crippen molar-refractivity contribution in [2.75, 3.05) is 10.7 Å². The summed E-state index contributed by atoms with van der Waals surface area (Å²) in [7, 11) is 0. The maximum atomic E-state index is 5.35. The van der Waals surface area contributed by atoms with Crippen LogP contribution >= 0.6 is 11.3 Å². The summed E-state index contributed by atoms with van der Waals surface area (Å²) in [5.74, 6) is 6.41. The molecule has 0 radical (unpaired) electrons. The van der Waals surface area contributed by atoms with Gasteiger partial charge in [-0.2, -0.15) is 15.1 Å². The van der Waals surface area contributed by atoms with Crippen LogP contribution in [0.2, 0.25) is 0 Å². The zero-order chi connectivity index (χ0) is 13.2. The third-order valence-electron chi connectivity index (χ3n) is 2.66. The minimum absolute atomic E-state index is 0.349.